The Morgan fingerprint density at radius 2 is 2.00 bits per heavy atom. The third-order valence-corrected chi connectivity index (χ3v) is 3.38. The van der Waals surface area contributed by atoms with E-state index < -0.39 is 0 Å². The van der Waals surface area contributed by atoms with Crippen LogP contribution in [0.4, 0.5) is 5.69 Å². The van der Waals surface area contributed by atoms with Gasteiger partial charge in [-0.1, -0.05) is 11.6 Å². The summed E-state index contributed by atoms with van der Waals surface area (Å²) in [5.74, 6) is -0.0623. The van der Waals surface area contributed by atoms with E-state index in [1.54, 1.807) is 35.5 Å². The first-order valence-electron chi connectivity index (χ1n) is 6.35. The van der Waals surface area contributed by atoms with Gasteiger partial charge in [0.2, 0.25) is 0 Å². The third kappa shape index (κ3) is 3.27. The van der Waals surface area contributed by atoms with E-state index in [-0.39, 0.29) is 5.91 Å². The van der Waals surface area contributed by atoms with Crippen molar-refractivity contribution >= 4 is 23.2 Å². The van der Waals surface area contributed by atoms with Crippen LogP contribution in [-0.2, 0) is 6.54 Å². The number of anilines is 1. The number of carbonyl (C=O) groups excluding carboxylic acids is 1. The zero-order valence-corrected chi connectivity index (χ0v) is 12.0. The fraction of sp³-hybridized carbons (Fsp3) is 0.200. The number of nitrogens with zero attached hydrogens (tertiary/aromatic N) is 2. The van der Waals surface area contributed by atoms with Crippen molar-refractivity contribution in [1.82, 2.24) is 9.88 Å². The molecule has 1 aromatic heterocycles. The molecule has 2 rings (SSSR count). The highest BCUT2D eigenvalue weighted by Crippen LogP contribution is 2.20. The second-order valence-corrected chi connectivity index (χ2v) is 4.82. The predicted octanol–water partition coefficient (Wildman–Crippen LogP) is 2.98. The lowest BCUT2D eigenvalue weighted by atomic mass is 10.1. The van der Waals surface area contributed by atoms with Gasteiger partial charge in [0.15, 0.2) is 0 Å². The van der Waals surface area contributed by atoms with Crippen molar-refractivity contribution in [1.29, 1.82) is 0 Å². The molecule has 2 N–H and O–H groups in total. The monoisotopic (exact) mass is 289 g/mol. The summed E-state index contributed by atoms with van der Waals surface area (Å²) in [6.45, 7) is 3.10. The highest BCUT2D eigenvalue weighted by Gasteiger charge is 2.15. The Morgan fingerprint density at radius 1 is 1.30 bits per heavy atom. The van der Waals surface area contributed by atoms with Crippen LogP contribution in [-0.4, -0.2) is 22.3 Å². The highest BCUT2D eigenvalue weighted by molar-refractivity contribution is 6.33. The van der Waals surface area contributed by atoms with Gasteiger partial charge in [-0.25, -0.2) is 0 Å². The summed E-state index contributed by atoms with van der Waals surface area (Å²) >= 11 is 5.87. The fourth-order valence-corrected chi connectivity index (χ4v) is 2.01. The standard InChI is InChI=1S/C15H16ClN3O/c1-2-19(10-11-5-7-18-8-6-11)15(20)12-3-4-13(16)14(17)9-12/h3-9H,2,10,17H2,1H3. The maximum Gasteiger partial charge on any atom is 0.254 e. The quantitative estimate of drug-likeness (QED) is 0.880. The molecule has 2 aromatic rings. The van der Waals surface area contributed by atoms with E-state index in [0.29, 0.717) is 29.4 Å². The molecule has 0 atom stereocenters. The predicted molar refractivity (Wildman–Crippen MR) is 80.5 cm³/mol. The van der Waals surface area contributed by atoms with Crippen LogP contribution in [0.3, 0.4) is 0 Å². The van der Waals surface area contributed by atoms with Gasteiger partial charge in [0.1, 0.15) is 0 Å². The zero-order valence-electron chi connectivity index (χ0n) is 11.2. The summed E-state index contributed by atoms with van der Waals surface area (Å²) in [6, 6.07) is 8.73. The first kappa shape index (κ1) is 14.3. The maximum atomic E-state index is 12.5. The SMILES string of the molecule is CCN(Cc1ccncc1)C(=O)c1ccc(Cl)c(N)c1. The van der Waals surface area contributed by atoms with Gasteiger partial charge >= 0.3 is 0 Å². The molecule has 0 fully saturated rings. The summed E-state index contributed by atoms with van der Waals surface area (Å²) in [7, 11) is 0. The second kappa shape index (κ2) is 6.39. The molecular weight excluding hydrogens is 274 g/mol. The summed E-state index contributed by atoms with van der Waals surface area (Å²) in [4.78, 5) is 18.2. The number of nitrogens with two attached hydrogens (primary N) is 1. The van der Waals surface area contributed by atoms with Crippen molar-refractivity contribution in [3.05, 3.63) is 58.9 Å². The Morgan fingerprint density at radius 3 is 2.60 bits per heavy atom. The van der Waals surface area contributed by atoms with Crippen molar-refractivity contribution in [3.8, 4) is 0 Å². The molecule has 104 valence electrons. The fourth-order valence-electron chi connectivity index (χ4n) is 1.90. The topological polar surface area (TPSA) is 59.2 Å². The average Bonchev–Trinajstić information content (AvgIpc) is 2.48. The number of hydrogen-bond donors (Lipinski definition) is 1. The molecular formula is C15H16ClN3O. The van der Waals surface area contributed by atoms with Crippen molar-refractivity contribution in [2.24, 2.45) is 0 Å². The molecule has 0 saturated carbocycles. The minimum Gasteiger partial charge on any atom is -0.398 e. The molecule has 4 nitrogen and oxygen atoms in total. The van der Waals surface area contributed by atoms with Gasteiger partial charge in [0.05, 0.1) is 10.7 Å². The van der Waals surface area contributed by atoms with Crippen LogP contribution in [0.1, 0.15) is 22.8 Å². The van der Waals surface area contributed by atoms with Crippen LogP contribution in [0.15, 0.2) is 42.7 Å². The first-order chi connectivity index (χ1) is 9.61. The van der Waals surface area contributed by atoms with Crippen molar-refractivity contribution < 1.29 is 4.79 Å². The van der Waals surface area contributed by atoms with E-state index >= 15 is 0 Å². The maximum absolute atomic E-state index is 12.5. The van der Waals surface area contributed by atoms with Crippen molar-refractivity contribution in [2.45, 2.75) is 13.5 Å². The number of carbonyl (C=O) groups is 1. The molecule has 5 heteroatoms. The van der Waals surface area contributed by atoms with Crippen LogP contribution in [0.2, 0.25) is 5.02 Å². The summed E-state index contributed by atoms with van der Waals surface area (Å²) < 4.78 is 0. The van der Waals surface area contributed by atoms with Crippen LogP contribution in [0.25, 0.3) is 0 Å². The molecule has 20 heavy (non-hydrogen) atoms. The molecule has 0 radical (unpaired) electrons. The molecule has 1 amide bonds. The minimum absolute atomic E-state index is 0.0623. The van der Waals surface area contributed by atoms with Gasteiger partial charge in [0.25, 0.3) is 5.91 Å². The average molecular weight is 290 g/mol. The van der Waals surface area contributed by atoms with Crippen LogP contribution >= 0.6 is 11.6 Å². The number of pyridine rings is 1. The van der Waals surface area contributed by atoms with Gasteiger partial charge in [-0.15, -0.1) is 0 Å². The van der Waals surface area contributed by atoms with E-state index in [2.05, 4.69) is 4.98 Å². The number of amides is 1. The highest BCUT2D eigenvalue weighted by atomic mass is 35.5. The van der Waals surface area contributed by atoms with E-state index in [0.717, 1.165) is 5.56 Å². The smallest absolute Gasteiger partial charge is 0.254 e. The molecule has 0 bridgehead atoms. The van der Waals surface area contributed by atoms with Gasteiger partial charge in [-0.2, -0.15) is 0 Å². The Kier molecular flexibility index (Phi) is 4.58. The second-order valence-electron chi connectivity index (χ2n) is 4.41. The van der Waals surface area contributed by atoms with Crippen LogP contribution in [0.5, 0.6) is 0 Å². The van der Waals surface area contributed by atoms with Gasteiger partial charge in [-0.3, -0.25) is 9.78 Å². The van der Waals surface area contributed by atoms with Crippen molar-refractivity contribution in [3.63, 3.8) is 0 Å². The first-order valence-corrected chi connectivity index (χ1v) is 6.72. The van der Waals surface area contributed by atoms with Crippen LogP contribution < -0.4 is 5.73 Å². The third-order valence-electron chi connectivity index (χ3n) is 3.03. The molecule has 0 aliphatic heterocycles. The van der Waals surface area contributed by atoms with E-state index in [4.69, 9.17) is 17.3 Å². The van der Waals surface area contributed by atoms with Gasteiger partial charge in [0, 0.05) is 31.0 Å². The normalized spacial score (nSPS) is 10.3. The minimum atomic E-state index is -0.0623. The summed E-state index contributed by atoms with van der Waals surface area (Å²) in [5.41, 5.74) is 7.74. The number of benzene rings is 1. The molecule has 1 aromatic carbocycles. The van der Waals surface area contributed by atoms with E-state index in [9.17, 15) is 4.79 Å². The number of nitrogen functional groups attached to an aromatic ring is 1. The van der Waals surface area contributed by atoms with Gasteiger partial charge < -0.3 is 10.6 Å². The lowest BCUT2D eigenvalue weighted by Crippen LogP contribution is -2.30. The lowest BCUT2D eigenvalue weighted by Gasteiger charge is -2.21. The van der Waals surface area contributed by atoms with E-state index in [1.807, 2.05) is 19.1 Å². The summed E-state index contributed by atoms with van der Waals surface area (Å²) in [6.07, 6.45) is 3.43. The summed E-state index contributed by atoms with van der Waals surface area (Å²) in [5, 5.41) is 0.457. The Balaban J connectivity index is 2.18. The molecule has 0 aliphatic carbocycles. The number of halogens is 1. The molecule has 0 unspecified atom stereocenters. The van der Waals surface area contributed by atoms with E-state index in [1.165, 1.54) is 0 Å². The Hall–Kier alpha value is -2.07. The van der Waals surface area contributed by atoms with Crippen molar-refractivity contribution in [2.75, 3.05) is 12.3 Å². The number of aromatic nitrogens is 1. The lowest BCUT2D eigenvalue weighted by molar-refractivity contribution is 0.0752. The number of hydrogen-bond acceptors (Lipinski definition) is 3. The molecule has 0 aliphatic rings. The van der Waals surface area contributed by atoms with Gasteiger partial charge in [-0.05, 0) is 42.8 Å². The van der Waals surface area contributed by atoms with Crippen LogP contribution in [0, 0.1) is 0 Å². The molecule has 0 saturated heterocycles. The largest absolute Gasteiger partial charge is 0.398 e. The Labute approximate surface area is 123 Å². The number of rotatable bonds is 4. The molecule has 0 spiro atoms. The molecule has 1 heterocycles. The Bertz CT molecular complexity index is 601. The zero-order chi connectivity index (χ0) is 14.5.